The molecular formula is C81H98N2O6. The van der Waals surface area contributed by atoms with Gasteiger partial charge >= 0.3 is 5.97 Å². The zero-order valence-electron chi connectivity index (χ0n) is 53.3. The highest BCUT2D eigenvalue weighted by Gasteiger charge is 2.82. The van der Waals surface area contributed by atoms with E-state index < -0.39 is 46.3 Å². The lowest BCUT2D eigenvalue weighted by Crippen LogP contribution is -2.72. The molecule has 3 spiro atoms. The van der Waals surface area contributed by atoms with Crippen molar-refractivity contribution in [1.82, 2.24) is 10.6 Å². The minimum absolute atomic E-state index is 0.0808. The number of hydrogen-bond acceptors (Lipinski definition) is 7. The number of methoxy groups -OCH3 is 1. The average Bonchev–Trinajstić information content (AvgIpc) is 1.63. The number of carboxylic acids is 1. The van der Waals surface area contributed by atoms with E-state index in [1.54, 1.807) is 18.3 Å². The van der Waals surface area contributed by atoms with Gasteiger partial charge < -0.3 is 35.8 Å². The number of allylic oxidation sites excluding steroid dienone is 11. The Morgan fingerprint density at radius 1 is 0.854 bits per heavy atom. The Kier molecular flexibility index (Phi) is 14.4. The topological polar surface area (TPSA) is 131 Å². The fourth-order valence-corrected chi connectivity index (χ4v) is 24.9. The summed E-state index contributed by atoms with van der Waals surface area (Å²) in [5.41, 5.74) is 11.5. The first-order valence-corrected chi connectivity index (χ1v) is 35.4. The van der Waals surface area contributed by atoms with E-state index in [-0.39, 0.29) is 39.9 Å². The van der Waals surface area contributed by atoms with Gasteiger partial charge in [0.15, 0.2) is 0 Å². The Bertz CT molecular complexity index is 3690. The van der Waals surface area contributed by atoms with Crippen molar-refractivity contribution in [2.75, 3.05) is 26.8 Å². The first kappa shape index (κ1) is 58.4. The van der Waals surface area contributed by atoms with Crippen LogP contribution in [0.4, 0.5) is 0 Å². The van der Waals surface area contributed by atoms with Crippen molar-refractivity contribution >= 4 is 23.2 Å². The Morgan fingerprint density at radius 3 is 2.51 bits per heavy atom. The van der Waals surface area contributed by atoms with E-state index in [0.717, 1.165) is 134 Å². The summed E-state index contributed by atoms with van der Waals surface area (Å²) < 4.78 is 5.45. The summed E-state index contributed by atoms with van der Waals surface area (Å²) in [4.78, 5) is 14.8. The van der Waals surface area contributed by atoms with Crippen LogP contribution in [0.2, 0.25) is 0 Å². The third-order valence-electron chi connectivity index (χ3n) is 28.3. The second-order valence-electron chi connectivity index (χ2n) is 31.7. The van der Waals surface area contributed by atoms with Crippen molar-refractivity contribution in [3.8, 4) is 0 Å². The van der Waals surface area contributed by atoms with E-state index in [0.29, 0.717) is 42.9 Å². The first-order chi connectivity index (χ1) is 43.3. The number of dihydropyridines is 1. The maximum absolute atomic E-state index is 14.8. The van der Waals surface area contributed by atoms with Crippen LogP contribution in [0.25, 0.3) is 17.2 Å². The lowest BCUT2D eigenvalue weighted by Gasteiger charge is -2.78. The molecule has 0 amide bonds. The summed E-state index contributed by atoms with van der Waals surface area (Å²) >= 11 is 0. The van der Waals surface area contributed by atoms with Crippen molar-refractivity contribution in [3.05, 3.63) is 182 Å². The molecule has 6 heterocycles. The molecule has 17 bridgehead atoms. The molecule has 0 unspecified atom stereocenters. The monoisotopic (exact) mass is 1190 g/mol. The summed E-state index contributed by atoms with van der Waals surface area (Å²) in [7, 11) is 1.78. The summed E-state index contributed by atoms with van der Waals surface area (Å²) in [6, 6.07) is 27.9. The highest BCUT2D eigenvalue weighted by atomic mass is 16.5. The fraction of sp³-hybridized carbons (Fsp3) is 0.568. The van der Waals surface area contributed by atoms with Crippen LogP contribution < -0.4 is 21.1 Å². The molecule has 0 saturated heterocycles. The number of carboxylic acid groups (broad SMARTS) is 1. The Labute approximate surface area is 529 Å². The Morgan fingerprint density at radius 2 is 1.70 bits per heavy atom. The summed E-state index contributed by atoms with van der Waals surface area (Å²) in [5.74, 6) is 1.22. The standard InChI is InChI=1S/C81H98N2O6/c1-76-32-11-33-78-45-66-65-40-52-12-9-16-54(39-52)58-25-28-72(83-48-58)82-36-10-18-62(53-13-5-4-6-14-53)59(49-84)24-27-64(74(87)88)73-70(85)47-81-69(46-78)68(80(75(76)78,35-30-71(76)86)67(66)41-56-15-7-8-17-63(56)65)43-61(77(73,81)2)42-60-26-23-57-44-79(60,81)34-29-55(57)38-51-21-19-50(20-22-51)31-37-89-3/h7-9,11-12,15-17,19-23,25-26,28,33,39,41,45,49,53,55,57,60-62,64,67,70-71,73,75,82-86H,4-6,10,13-14,18,24,27,29-32,34-38,40,42-44,46-48H2,1-3H3,(H,87,88)/b59-49+/t55-,57+,60-,61-,62-,64+,67+,70+,71-,73-,75+,76+,77+,78+,79-,80-,81+/m0/s1. The molecule has 0 aromatic heterocycles. The zero-order chi connectivity index (χ0) is 60.7. The van der Waals surface area contributed by atoms with E-state index in [4.69, 9.17) is 4.74 Å². The zero-order valence-corrected chi connectivity index (χ0v) is 53.3. The van der Waals surface area contributed by atoms with Crippen molar-refractivity contribution in [2.45, 2.75) is 167 Å². The lowest BCUT2D eigenvalue weighted by molar-refractivity contribution is -0.215. The van der Waals surface area contributed by atoms with Crippen molar-refractivity contribution in [3.63, 3.8) is 0 Å². The molecule has 17 aliphatic rings. The number of aliphatic hydroxyl groups is 3. The predicted molar refractivity (Wildman–Crippen MR) is 354 cm³/mol. The summed E-state index contributed by atoms with van der Waals surface area (Å²) in [5, 5.41) is 60.6. The molecule has 5 saturated carbocycles. The van der Waals surface area contributed by atoms with Gasteiger partial charge in [-0.3, -0.25) is 4.79 Å². The van der Waals surface area contributed by atoms with Crippen LogP contribution in [0.5, 0.6) is 0 Å². The molecule has 89 heavy (non-hydrogen) atoms. The van der Waals surface area contributed by atoms with Crippen molar-refractivity contribution in [2.24, 2.45) is 91.7 Å². The number of rotatable bonds is 7. The van der Waals surface area contributed by atoms with Crippen LogP contribution >= 0.6 is 0 Å². The molecule has 0 radical (unpaired) electrons. The van der Waals surface area contributed by atoms with Crippen LogP contribution in [-0.2, 0) is 28.8 Å². The van der Waals surface area contributed by atoms with Gasteiger partial charge in [0, 0.05) is 53.7 Å². The minimum atomic E-state index is -0.803. The third kappa shape index (κ3) is 8.61. The van der Waals surface area contributed by atoms with Crippen LogP contribution in [0.1, 0.15) is 158 Å². The highest BCUT2D eigenvalue weighted by Crippen LogP contribution is 2.88. The van der Waals surface area contributed by atoms with E-state index in [1.807, 2.05) is 0 Å². The van der Waals surface area contributed by atoms with Gasteiger partial charge in [0.05, 0.1) is 36.8 Å². The molecular weight excluding hydrogens is 1100 g/mol. The fourth-order valence-electron chi connectivity index (χ4n) is 24.9. The molecule has 20 rings (SSSR count). The number of ether oxygens (including phenoxy) is 1. The molecule has 17 atom stereocenters. The van der Waals surface area contributed by atoms with Crippen molar-refractivity contribution < 1.29 is 30.0 Å². The maximum atomic E-state index is 14.8. The van der Waals surface area contributed by atoms with E-state index >= 15 is 0 Å². The molecule has 3 aromatic carbocycles. The number of fused-ring (bicyclic) bond motifs is 2. The molecule has 6 aliphatic heterocycles. The predicted octanol–water partition coefficient (Wildman–Crippen LogP) is 14.0. The van der Waals surface area contributed by atoms with Crippen LogP contribution in [0.3, 0.4) is 0 Å². The summed E-state index contributed by atoms with van der Waals surface area (Å²) in [6.07, 6.45) is 41.2. The van der Waals surface area contributed by atoms with Gasteiger partial charge in [0.1, 0.15) is 0 Å². The molecule has 3 aromatic rings. The van der Waals surface area contributed by atoms with Gasteiger partial charge in [-0.2, -0.15) is 0 Å². The molecule has 8 heteroatoms. The molecule has 11 aliphatic carbocycles. The molecule has 8 nitrogen and oxygen atoms in total. The normalized spacial score (nSPS) is 41.3. The number of hydrogen-bond donors (Lipinski definition) is 6. The van der Waals surface area contributed by atoms with Crippen LogP contribution in [0, 0.1) is 91.7 Å². The second-order valence-corrected chi connectivity index (χ2v) is 31.7. The Balaban J connectivity index is 0.898. The van der Waals surface area contributed by atoms with E-state index in [2.05, 4.69) is 146 Å². The van der Waals surface area contributed by atoms with E-state index in [9.17, 15) is 25.2 Å². The summed E-state index contributed by atoms with van der Waals surface area (Å²) in [6.45, 7) is 7.29. The maximum Gasteiger partial charge on any atom is 0.306 e. The van der Waals surface area contributed by atoms with E-state index in [1.165, 1.54) is 74.9 Å². The van der Waals surface area contributed by atoms with Gasteiger partial charge in [-0.25, -0.2) is 0 Å². The number of carbonyl (C=O) groups is 1. The SMILES string of the molecule is COCCc1ccc(C[C@@H]2CC[C@]34C[C@H]2C=C[C@H]3C[C@H]2CC3=C5C[C@@]67C=CC[C@]8(C)[C@@H](O)CC[C@@]3([C@@H]3C=c9ccccc9=C(Cc9cccc(c9)C9=CC=C(NCCC[C@@H](C%10CCCCC%10)/C(=C/O)CC[C@@H](C(=O)O)[C@H]%10[C@H](O)C[C@]54[C@]2%10C)NC9)C3=C6)[C@@H]78)cc1. The van der Waals surface area contributed by atoms with Gasteiger partial charge in [0.25, 0.3) is 0 Å². The third-order valence-corrected chi connectivity index (χ3v) is 28.3. The number of nitrogens with one attached hydrogen (secondary N) is 2. The average molecular weight is 1200 g/mol. The molecule has 468 valence electrons. The first-order valence-electron chi connectivity index (χ1n) is 35.4. The smallest absolute Gasteiger partial charge is 0.306 e. The van der Waals surface area contributed by atoms with Gasteiger partial charge in [-0.05, 0) is 235 Å². The number of benzene rings is 3. The largest absolute Gasteiger partial charge is 0.516 e. The van der Waals surface area contributed by atoms with Gasteiger partial charge in [0.2, 0.25) is 0 Å². The van der Waals surface area contributed by atoms with Gasteiger partial charge in [-0.15, -0.1) is 0 Å². The quantitative estimate of drug-likeness (QED) is 0.102. The number of aliphatic hydroxyl groups excluding tert-OH is 3. The highest BCUT2D eigenvalue weighted by molar-refractivity contribution is 5.78. The van der Waals surface area contributed by atoms with Crippen LogP contribution in [-0.4, -0.2) is 65.4 Å². The molecule has 6 N–H and O–H groups in total. The van der Waals surface area contributed by atoms with Crippen molar-refractivity contribution in [1.29, 1.82) is 0 Å². The Hall–Kier alpha value is -5.67. The van der Waals surface area contributed by atoms with Gasteiger partial charge in [-0.1, -0.05) is 160 Å². The lowest BCUT2D eigenvalue weighted by atomic mass is 9.26. The molecule has 5 fully saturated rings. The minimum Gasteiger partial charge on any atom is -0.516 e. The number of aliphatic carboxylic acids is 1. The van der Waals surface area contributed by atoms with Crippen LogP contribution in [0.15, 0.2) is 150 Å². The second kappa shape index (κ2) is 22.0.